The molecule has 0 amide bonds. The Morgan fingerprint density at radius 2 is 1.77 bits per heavy atom. The molecule has 0 spiro atoms. The summed E-state index contributed by atoms with van der Waals surface area (Å²) in [7, 11) is 0. The number of hydrogen-bond donors (Lipinski definition) is 0. The summed E-state index contributed by atoms with van der Waals surface area (Å²) in [5, 5.41) is 9.91. The molecule has 0 bridgehead atoms. The molecule has 4 nitrogen and oxygen atoms in total. The molecular weight excluding hydrogens is 322 g/mol. The van der Waals surface area contributed by atoms with Crippen LogP contribution in [0.25, 0.3) is 0 Å². The molecule has 0 radical (unpaired) electrons. The van der Waals surface area contributed by atoms with Gasteiger partial charge >= 0.3 is 0 Å². The first-order valence-electron chi connectivity index (χ1n) is 9.17. The first kappa shape index (κ1) is 17.0. The third kappa shape index (κ3) is 2.84. The number of carbonyl (C=O) groups excluding carboxylic acids is 1. The molecule has 4 rings (SSSR count). The van der Waals surface area contributed by atoms with E-state index < -0.39 is 5.41 Å². The van der Waals surface area contributed by atoms with Crippen molar-refractivity contribution in [1.29, 1.82) is 5.26 Å². The van der Waals surface area contributed by atoms with Crippen LogP contribution in [0.3, 0.4) is 0 Å². The summed E-state index contributed by atoms with van der Waals surface area (Å²) in [5.41, 5.74) is 1.44. The zero-order chi connectivity index (χ0) is 18.1. The molecule has 132 valence electrons. The fraction of sp³-hybridized carbons (Fsp3) is 0.364. The average Bonchev–Trinajstić information content (AvgIpc) is 3.23. The number of carbonyl (C=O) groups is 1. The van der Waals surface area contributed by atoms with Crippen molar-refractivity contribution in [3.63, 3.8) is 0 Å². The Labute approximate surface area is 154 Å². The number of ketones is 1. The van der Waals surface area contributed by atoms with Gasteiger partial charge in [0.2, 0.25) is 0 Å². The molecule has 2 fully saturated rings. The van der Waals surface area contributed by atoms with Crippen molar-refractivity contribution in [2.75, 3.05) is 13.1 Å². The van der Waals surface area contributed by atoms with Crippen molar-refractivity contribution in [2.24, 2.45) is 5.41 Å². The number of nitriles is 1. The van der Waals surface area contributed by atoms with Crippen molar-refractivity contribution in [1.82, 2.24) is 9.80 Å². The molecule has 0 N–H and O–H groups in total. The molecule has 2 aromatic carbocycles. The standard InChI is InChI=1S/C22H23N3O/c1-22(16-23)14-19(20(26)18-10-6-3-7-11-18)25-13-12-24(21(22)25)15-17-8-4-2-5-9-17/h2-11,19,21H,12-15H2,1H3/t19-,21-,22-/m0/s1. The first-order chi connectivity index (χ1) is 12.6. The predicted molar refractivity (Wildman–Crippen MR) is 100 cm³/mol. The van der Waals surface area contributed by atoms with Crippen molar-refractivity contribution in [2.45, 2.75) is 32.1 Å². The van der Waals surface area contributed by atoms with Crippen LogP contribution in [0, 0.1) is 16.7 Å². The molecule has 26 heavy (non-hydrogen) atoms. The summed E-state index contributed by atoms with van der Waals surface area (Å²) in [4.78, 5) is 17.7. The van der Waals surface area contributed by atoms with E-state index in [0.717, 1.165) is 25.2 Å². The fourth-order valence-corrected chi connectivity index (χ4v) is 4.54. The lowest BCUT2D eigenvalue weighted by Crippen LogP contribution is -2.45. The molecule has 2 aliphatic rings. The Hall–Kier alpha value is -2.48. The minimum Gasteiger partial charge on any atom is -0.292 e. The Bertz CT molecular complexity index is 829. The van der Waals surface area contributed by atoms with Gasteiger partial charge in [-0.1, -0.05) is 60.7 Å². The van der Waals surface area contributed by atoms with Crippen molar-refractivity contribution >= 4 is 5.78 Å². The topological polar surface area (TPSA) is 47.3 Å². The molecule has 0 unspecified atom stereocenters. The minimum absolute atomic E-state index is 0.00892. The second-order valence-corrected chi connectivity index (χ2v) is 7.55. The van der Waals surface area contributed by atoms with Gasteiger partial charge in [0, 0.05) is 25.2 Å². The van der Waals surface area contributed by atoms with E-state index in [1.165, 1.54) is 5.56 Å². The highest BCUT2D eigenvalue weighted by Gasteiger charge is 2.56. The summed E-state index contributed by atoms with van der Waals surface area (Å²) in [6.07, 6.45) is 0.582. The maximum Gasteiger partial charge on any atom is 0.180 e. The predicted octanol–water partition coefficient (Wildman–Crippen LogP) is 3.32. The molecule has 3 atom stereocenters. The molecule has 2 aromatic rings. The van der Waals surface area contributed by atoms with Crippen LogP contribution in [0.5, 0.6) is 0 Å². The van der Waals surface area contributed by atoms with Gasteiger partial charge in [-0.3, -0.25) is 14.6 Å². The number of nitrogens with zero attached hydrogens (tertiary/aromatic N) is 3. The normalized spacial score (nSPS) is 28.6. The maximum atomic E-state index is 13.1. The van der Waals surface area contributed by atoms with Gasteiger partial charge < -0.3 is 0 Å². The summed E-state index contributed by atoms with van der Waals surface area (Å²) >= 11 is 0. The average molecular weight is 345 g/mol. The number of fused-ring (bicyclic) bond motifs is 1. The van der Waals surface area contributed by atoms with E-state index in [0.29, 0.717) is 6.42 Å². The Balaban J connectivity index is 1.61. The van der Waals surface area contributed by atoms with Crippen LogP contribution in [-0.4, -0.2) is 40.9 Å². The zero-order valence-electron chi connectivity index (χ0n) is 15.0. The van der Waals surface area contributed by atoms with E-state index >= 15 is 0 Å². The van der Waals surface area contributed by atoms with Crippen LogP contribution in [0.4, 0.5) is 0 Å². The van der Waals surface area contributed by atoms with Crippen molar-refractivity contribution in [3.8, 4) is 6.07 Å². The minimum atomic E-state index is -0.541. The Kier molecular flexibility index (Phi) is 4.36. The lowest BCUT2D eigenvalue weighted by Gasteiger charge is -2.32. The van der Waals surface area contributed by atoms with Crippen LogP contribution in [0.2, 0.25) is 0 Å². The van der Waals surface area contributed by atoms with E-state index in [9.17, 15) is 10.1 Å². The zero-order valence-corrected chi connectivity index (χ0v) is 15.0. The molecule has 0 aromatic heterocycles. The lowest BCUT2D eigenvalue weighted by atomic mass is 9.84. The molecule has 4 heteroatoms. The van der Waals surface area contributed by atoms with Crippen LogP contribution < -0.4 is 0 Å². The van der Waals surface area contributed by atoms with E-state index in [4.69, 9.17) is 0 Å². The number of benzene rings is 2. The summed E-state index contributed by atoms with van der Waals surface area (Å²) < 4.78 is 0. The molecule has 0 saturated carbocycles. The highest BCUT2D eigenvalue weighted by Crippen LogP contribution is 2.45. The van der Waals surface area contributed by atoms with Gasteiger partial charge in [-0.05, 0) is 18.9 Å². The third-order valence-corrected chi connectivity index (χ3v) is 5.74. The van der Waals surface area contributed by atoms with E-state index in [1.54, 1.807) is 0 Å². The molecule has 0 aliphatic carbocycles. The van der Waals surface area contributed by atoms with E-state index in [2.05, 4.69) is 28.0 Å². The monoisotopic (exact) mass is 345 g/mol. The van der Waals surface area contributed by atoms with E-state index in [-0.39, 0.29) is 18.0 Å². The van der Waals surface area contributed by atoms with Gasteiger partial charge in [-0.25, -0.2) is 0 Å². The summed E-state index contributed by atoms with van der Waals surface area (Å²) in [6.45, 7) is 4.53. The van der Waals surface area contributed by atoms with Gasteiger partial charge in [0.05, 0.1) is 23.7 Å². The number of hydrogen-bond acceptors (Lipinski definition) is 4. The second-order valence-electron chi connectivity index (χ2n) is 7.55. The van der Waals surface area contributed by atoms with Gasteiger partial charge in [0.15, 0.2) is 5.78 Å². The Morgan fingerprint density at radius 3 is 2.42 bits per heavy atom. The largest absolute Gasteiger partial charge is 0.292 e. The lowest BCUT2D eigenvalue weighted by molar-refractivity contribution is 0.0759. The highest BCUT2D eigenvalue weighted by atomic mass is 16.1. The second kappa shape index (κ2) is 6.68. The molecule has 2 saturated heterocycles. The van der Waals surface area contributed by atoms with Gasteiger partial charge in [-0.15, -0.1) is 0 Å². The Morgan fingerprint density at radius 1 is 1.12 bits per heavy atom. The highest BCUT2D eigenvalue weighted by molar-refractivity contribution is 6.00. The van der Waals surface area contributed by atoms with Crippen molar-refractivity contribution in [3.05, 3.63) is 71.8 Å². The van der Waals surface area contributed by atoms with Crippen LogP contribution in [0.1, 0.15) is 29.3 Å². The number of rotatable bonds is 4. The molecule has 2 aliphatic heterocycles. The first-order valence-corrected chi connectivity index (χ1v) is 9.17. The van der Waals surface area contributed by atoms with Gasteiger partial charge in [0.1, 0.15) is 0 Å². The molecular formula is C22H23N3O. The third-order valence-electron chi connectivity index (χ3n) is 5.74. The smallest absolute Gasteiger partial charge is 0.180 e. The van der Waals surface area contributed by atoms with Gasteiger partial charge in [0.25, 0.3) is 0 Å². The SMILES string of the molecule is C[C@@]1(C#N)C[C@@H](C(=O)c2ccccc2)N2CCN(Cc3ccccc3)[C@@H]21. The molecule has 2 heterocycles. The van der Waals surface area contributed by atoms with E-state index in [1.807, 2.05) is 55.5 Å². The maximum absolute atomic E-state index is 13.1. The number of Topliss-reactive ketones (excluding diaryl/α,β-unsaturated/α-hetero) is 1. The fourth-order valence-electron chi connectivity index (χ4n) is 4.54. The van der Waals surface area contributed by atoms with Crippen LogP contribution >= 0.6 is 0 Å². The van der Waals surface area contributed by atoms with Crippen molar-refractivity contribution < 1.29 is 4.79 Å². The van der Waals surface area contributed by atoms with Gasteiger partial charge in [-0.2, -0.15) is 5.26 Å². The summed E-state index contributed by atoms with van der Waals surface area (Å²) in [5.74, 6) is 0.135. The summed E-state index contributed by atoms with van der Waals surface area (Å²) in [6, 6.07) is 22.1. The quantitative estimate of drug-likeness (QED) is 0.798. The van der Waals surface area contributed by atoms with Crippen LogP contribution in [0.15, 0.2) is 60.7 Å². The van der Waals surface area contributed by atoms with Crippen LogP contribution in [-0.2, 0) is 6.54 Å².